The van der Waals surface area contributed by atoms with Gasteiger partial charge in [0.2, 0.25) is 0 Å². The summed E-state index contributed by atoms with van der Waals surface area (Å²) < 4.78 is 5.18. The van der Waals surface area contributed by atoms with Gasteiger partial charge < -0.3 is 20.4 Å². The van der Waals surface area contributed by atoms with E-state index in [2.05, 4.69) is 32.9 Å². The van der Waals surface area contributed by atoms with Crippen molar-refractivity contribution in [2.45, 2.75) is 40.5 Å². The van der Waals surface area contributed by atoms with Gasteiger partial charge in [-0.2, -0.15) is 0 Å². The molecule has 1 amide bonds. The van der Waals surface area contributed by atoms with E-state index in [1.165, 1.54) is 11.1 Å². The highest BCUT2D eigenvalue weighted by Gasteiger charge is 2.11. The van der Waals surface area contributed by atoms with Crippen LogP contribution in [-0.2, 0) is 6.42 Å². The number of nitrogens with one attached hydrogen (secondary N) is 3. The van der Waals surface area contributed by atoms with Crippen molar-refractivity contribution in [2.24, 2.45) is 4.99 Å². The zero-order valence-corrected chi connectivity index (χ0v) is 17.3. The molecule has 0 aliphatic heterocycles. The molecule has 2 rings (SSSR count). The van der Waals surface area contributed by atoms with Crippen LogP contribution in [0.25, 0.3) is 0 Å². The fraction of sp³-hybridized carbons (Fsp3) is 0.526. The van der Waals surface area contributed by atoms with Crippen LogP contribution >= 0.6 is 11.3 Å². The first-order chi connectivity index (χ1) is 13.0. The molecule has 2 heterocycles. The van der Waals surface area contributed by atoms with Crippen LogP contribution in [0.1, 0.15) is 45.0 Å². The molecule has 0 spiro atoms. The van der Waals surface area contributed by atoms with Crippen molar-refractivity contribution in [3.8, 4) is 0 Å². The Bertz CT molecular complexity index is 746. The number of amides is 1. The summed E-state index contributed by atoms with van der Waals surface area (Å²) in [4.78, 5) is 22.3. The van der Waals surface area contributed by atoms with Crippen molar-refractivity contribution in [3.63, 3.8) is 0 Å². The number of aliphatic imine (C=N–C) groups is 1. The summed E-state index contributed by atoms with van der Waals surface area (Å²) in [5.74, 6) is 0.984. The lowest BCUT2D eigenvalue weighted by Gasteiger charge is -2.10. The van der Waals surface area contributed by atoms with E-state index >= 15 is 0 Å². The Hall–Kier alpha value is -2.35. The lowest BCUT2D eigenvalue weighted by molar-refractivity contribution is 0.0925. The molecule has 0 saturated carbocycles. The fourth-order valence-electron chi connectivity index (χ4n) is 2.43. The van der Waals surface area contributed by atoms with Crippen LogP contribution in [0.2, 0.25) is 0 Å². The topological polar surface area (TPSA) is 91.5 Å². The highest BCUT2D eigenvalue weighted by atomic mass is 32.1. The molecule has 0 unspecified atom stereocenters. The lowest BCUT2D eigenvalue weighted by atomic mass is 10.2. The van der Waals surface area contributed by atoms with E-state index in [0.29, 0.717) is 18.8 Å². The third-order valence-electron chi connectivity index (χ3n) is 4.01. The fourth-order valence-corrected chi connectivity index (χ4v) is 3.37. The molecular weight excluding hydrogens is 362 g/mol. The highest BCUT2D eigenvalue weighted by Crippen LogP contribution is 2.16. The number of carbonyl (C=O) groups excluding carboxylic acids is 1. The summed E-state index contributed by atoms with van der Waals surface area (Å²) in [6, 6.07) is 1.78. The van der Waals surface area contributed by atoms with E-state index in [4.69, 9.17) is 4.42 Å². The van der Waals surface area contributed by atoms with Gasteiger partial charge in [-0.1, -0.05) is 0 Å². The maximum absolute atomic E-state index is 12.0. The van der Waals surface area contributed by atoms with Crippen LogP contribution in [0.4, 0.5) is 0 Å². The van der Waals surface area contributed by atoms with Crippen molar-refractivity contribution in [2.75, 3.05) is 26.2 Å². The van der Waals surface area contributed by atoms with Crippen LogP contribution in [0.15, 0.2) is 21.7 Å². The summed E-state index contributed by atoms with van der Waals surface area (Å²) in [5, 5.41) is 10.6. The molecule has 148 valence electrons. The lowest BCUT2D eigenvalue weighted by Crippen LogP contribution is -2.38. The summed E-state index contributed by atoms with van der Waals surface area (Å²) in [7, 11) is 0. The number of aromatic nitrogens is 1. The Morgan fingerprint density at radius 2 is 2.04 bits per heavy atom. The molecule has 0 aliphatic carbocycles. The van der Waals surface area contributed by atoms with E-state index in [-0.39, 0.29) is 5.91 Å². The van der Waals surface area contributed by atoms with Gasteiger partial charge in [-0.3, -0.25) is 9.79 Å². The van der Waals surface area contributed by atoms with Crippen molar-refractivity contribution in [3.05, 3.63) is 39.2 Å². The number of rotatable bonds is 9. The number of hydrogen-bond acceptors (Lipinski definition) is 5. The number of aryl methyl sites for hydroxylation is 3. The molecule has 0 radical (unpaired) electrons. The summed E-state index contributed by atoms with van der Waals surface area (Å²) in [5.41, 5.74) is 1.96. The highest BCUT2D eigenvalue weighted by molar-refractivity contribution is 7.11. The van der Waals surface area contributed by atoms with E-state index < -0.39 is 0 Å². The van der Waals surface area contributed by atoms with Crippen molar-refractivity contribution in [1.82, 2.24) is 20.9 Å². The second-order valence-electron chi connectivity index (χ2n) is 6.23. The van der Waals surface area contributed by atoms with Crippen LogP contribution in [0, 0.1) is 20.8 Å². The van der Waals surface area contributed by atoms with Crippen molar-refractivity contribution in [1.29, 1.82) is 0 Å². The Morgan fingerprint density at radius 3 is 2.67 bits per heavy atom. The molecule has 27 heavy (non-hydrogen) atoms. The quantitative estimate of drug-likeness (QED) is 0.347. The Morgan fingerprint density at radius 1 is 1.22 bits per heavy atom. The third-order valence-corrected chi connectivity index (χ3v) is 5.14. The van der Waals surface area contributed by atoms with Crippen LogP contribution in [0.5, 0.6) is 0 Å². The molecule has 8 heteroatoms. The zero-order chi connectivity index (χ0) is 19.6. The average Bonchev–Trinajstić information content (AvgIpc) is 3.19. The van der Waals surface area contributed by atoms with E-state index in [9.17, 15) is 4.79 Å². The van der Waals surface area contributed by atoms with Gasteiger partial charge in [-0.25, -0.2) is 4.98 Å². The molecule has 2 aromatic heterocycles. The van der Waals surface area contributed by atoms with E-state index in [1.807, 2.05) is 20.8 Å². The largest absolute Gasteiger partial charge is 0.459 e. The number of carbonyl (C=O) groups is 1. The second kappa shape index (κ2) is 10.7. The third kappa shape index (κ3) is 6.71. The molecule has 0 aromatic carbocycles. The summed E-state index contributed by atoms with van der Waals surface area (Å²) >= 11 is 1.75. The maximum Gasteiger partial charge on any atom is 0.287 e. The maximum atomic E-state index is 12.0. The van der Waals surface area contributed by atoms with Crippen LogP contribution in [-0.4, -0.2) is 43.0 Å². The standard InChI is InChI=1S/C19H29N5O2S/c1-5-20-19(23-11-7-16-24-14(3)15(4)27-16)22-10-6-9-21-18(25)17-13(2)8-12-26-17/h8,12H,5-7,9-11H2,1-4H3,(H,21,25)(H2,20,22,23). The van der Waals surface area contributed by atoms with Crippen LogP contribution in [0.3, 0.4) is 0 Å². The molecule has 0 saturated heterocycles. The second-order valence-corrected chi connectivity index (χ2v) is 7.52. The number of guanidine groups is 1. The van der Waals surface area contributed by atoms with Gasteiger partial charge in [0.05, 0.1) is 17.0 Å². The van der Waals surface area contributed by atoms with Gasteiger partial charge in [-0.05, 0) is 40.2 Å². The first-order valence-corrected chi connectivity index (χ1v) is 10.1. The minimum absolute atomic E-state index is 0.180. The SMILES string of the molecule is CCNC(=NCCCNC(=O)c1occc1C)NCCc1nc(C)c(C)s1. The summed E-state index contributed by atoms with van der Waals surface area (Å²) in [6.45, 7) is 10.8. The molecule has 0 bridgehead atoms. The predicted octanol–water partition coefficient (Wildman–Crippen LogP) is 2.58. The summed E-state index contributed by atoms with van der Waals surface area (Å²) in [6.07, 6.45) is 3.16. The van der Waals surface area contributed by atoms with E-state index in [0.717, 1.165) is 48.2 Å². The normalized spacial score (nSPS) is 11.5. The Labute approximate surface area is 164 Å². The van der Waals surface area contributed by atoms with Crippen LogP contribution < -0.4 is 16.0 Å². The van der Waals surface area contributed by atoms with Gasteiger partial charge >= 0.3 is 0 Å². The minimum atomic E-state index is -0.180. The van der Waals surface area contributed by atoms with E-state index in [1.54, 1.807) is 17.4 Å². The molecular formula is C19H29N5O2S. The minimum Gasteiger partial charge on any atom is -0.459 e. The van der Waals surface area contributed by atoms with Crippen molar-refractivity contribution < 1.29 is 9.21 Å². The number of furan rings is 1. The average molecular weight is 392 g/mol. The number of hydrogen-bond donors (Lipinski definition) is 3. The molecule has 0 fully saturated rings. The Balaban J connectivity index is 1.69. The molecule has 2 aromatic rings. The van der Waals surface area contributed by atoms with Gasteiger partial charge in [0, 0.05) is 43.0 Å². The monoisotopic (exact) mass is 391 g/mol. The smallest absolute Gasteiger partial charge is 0.287 e. The number of thiazole rings is 1. The molecule has 0 atom stereocenters. The van der Waals surface area contributed by atoms with Gasteiger partial charge in [0.25, 0.3) is 5.91 Å². The first kappa shape index (κ1) is 21.0. The molecule has 7 nitrogen and oxygen atoms in total. The first-order valence-electron chi connectivity index (χ1n) is 9.28. The number of nitrogens with zero attached hydrogens (tertiary/aromatic N) is 2. The van der Waals surface area contributed by atoms with Gasteiger partial charge in [0.15, 0.2) is 11.7 Å². The van der Waals surface area contributed by atoms with Gasteiger partial charge in [-0.15, -0.1) is 11.3 Å². The van der Waals surface area contributed by atoms with Crippen molar-refractivity contribution >= 4 is 23.2 Å². The zero-order valence-electron chi connectivity index (χ0n) is 16.5. The van der Waals surface area contributed by atoms with Gasteiger partial charge in [0.1, 0.15) is 0 Å². The Kier molecular flexibility index (Phi) is 8.32. The molecule has 0 aliphatic rings. The molecule has 3 N–H and O–H groups in total. The predicted molar refractivity (Wildman–Crippen MR) is 110 cm³/mol.